The molecular weight excluding hydrogens is 462 g/mol. The van der Waals surface area contributed by atoms with Crippen LogP contribution in [0.2, 0.25) is 5.02 Å². The third-order valence-electron chi connectivity index (χ3n) is 5.35. The molecule has 0 bridgehead atoms. The summed E-state index contributed by atoms with van der Waals surface area (Å²) in [6, 6.07) is 6.75. The van der Waals surface area contributed by atoms with Gasteiger partial charge in [0.2, 0.25) is 10.0 Å². The smallest absolute Gasteiger partial charge is 0.236 e. The normalized spacial score (nSPS) is 15.6. The average Bonchev–Trinajstić information content (AvgIpc) is 2.79. The molecule has 0 radical (unpaired) electrons. The Kier molecular flexibility index (Phi) is 8.16. The standard InChI is InChI=1S/C21H25ClF2N4O3S/c22-19-11-18(3-4-20(19)24)28(14-17-2-1-15(13-26-17)21(29)12-25)32(30,31)10-9-27-7-5-16(23)6-8-27/h1-4,11,13,16H,5-10,12,14,25H2. The van der Waals surface area contributed by atoms with E-state index in [1.165, 1.54) is 24.4 Å². The topological polar surface area (TPSA) is 96.6 Å². The van der Waals surface area contributed by atoms with E-state index < -0.39 is 22.0 Å². The molecule has 7 nitrogen and oxygen atoms in total. The summed E-state index contributed by atoms with van der Waals surface area (Å²) in [4.78, 5) is 17.8. The third kappa shape index (κ3) is 6.22. The van der Waals surface area contributed by atoms with Gasteiger partial charge in [0.25, 0.3) is 0 Å². The second kappa shape index (κ2) is 10.7. The van der Waals surface area contributed by atoms with Crippen LogP contribution in [0, 0.1) is 5.82 Å². The van der Waals surface area contributed by atoms with Gasteiger partial charge in [-0.3, -0.25) is 14.1 Å². The molecule has 3 rings (SSSR count). The van der Waals surface area contributed by atoms with Crippen LogP contribution in [0.3, 0.4) is 0 Å². The summed E-state index contributed by atoms with van der Waals surface area (Å²) in [6.07, 6.45) is 1.26. The van der Waals surface area contributed by atoms with Gasteiger partial charge in [0.15, 0.2) is 5.78 Å². The van der Waals surface area contributed by atoms with Gasteiger partial charge in [-0.15, -0.1) is 0 Å². The van der Waals surface area contributed by atoms with Crippen LogP contribution in [-0.2, 0) is 16.6 Å². The highest BCUT2D eigenvalue weighted by Crippen LogP contribution is 2.27. The molecule has 1 aromatic carbocycles. The van der Waals surface area contributed by atoms with Gasteiger partial charge >= 0.3 is 0 Å². The molecule has 0 atom stereocenters. The van der Waals surface area contributed by atoms with E-state index >= 15 is 0 Å². The van der Waals surface area contributed by atoms with E-state index in [0.717, 1.165) is 10.4 Å². The second-order valence-electron chi connectivity index (χ2n) is 7.60. The van der Waals surface area contributed by atoms with Crippen LogP contribution >= 0.6 is 11.6 Å². The molecule has 0 amide bonds. The maximum Gasteiger partial charge on any atom is 0.236 e. The first-order chi connectivity index (χ1) is 15.2. The van der Waals surface area contributed by atoms with E-state index in [0.29, 0.717) is 37.2 Å². The van der Waals surface area contributed by atoms with Gasteiger partial charge in [-0.25, -0.2) is 17.2 Å². The number of carbonyl (C=O) groups excluding carboxylic acids is 1. The Morgan fingerprint density at radius 3 is 2.56 bits per heavy atom. The zero-order valence-corrected chi connectivity index (χ0v) is 19.0. The van der Waals surface area contributed by atoms with Crippen molar-refractivity contribution in [2.24, 2.45) is 5.73 Å². The van der Waals surface area contributed by atoms with E-state index in [-0.39, 0.29) is 41.9 Å². The number of aromatic nitrogens is 1. The molecule has 1 aliphatic heterocycles. The van der Waals surface area contributed by atoms with Crippen molar-refractivity contribution in [2.45, 2.75) is 25.6 Å². The van der Waals surface area contributed by atoms with Crippen molar-refractivity contribution in [3.8, 4) is 0 Å². The van der Waals surface area contributed by atoms with Gasteiger partial charge < -0.3 is 10.6 Å². The number of halogens is 3. The summed E-state index contributed by atoms with van der Waals surface area (Å²) < 4.78 is 54.7. The van der Waals surface area contributed by atoms with Gasteiger partial charge in [0.05, 0.1) is 35.2 Å². The SMILES string of the molecule is NCC(=O)c1ccc(CN(c2ccc(F)c(Cl)c2)S(=O)(=O)CCN2CCC(F)CC2)nc1. The van der Waals surface area contributed by atoms with Gasteiger partial charge in [-0.1, -0.05) is 11.6 Å². The number of pyridine rings is 1. The summed E-state index contributed by atoms with van der Waals surface area (Å²) in [5, 5.41) is -0.204. The fourth-order valence-electron chi connectivity index (χ4n) is 3.42. The summed E-state index contributed by atoms with van der Waals surface area (Å²) in [5.74, 6) is -1.15. The molecule has 174 valence electrons. The third-order valence-corrected chi connectivity index (χ3v) is 7.35. The van der Waals surface area contributed by atoms with Gasteiger partial charge in [0.1, 0.15) is 12.0 Å². The van der Waals surface area contributed by atoms with Crippen LogP contribution < -0.4 is 10.0 Å². The lowest BCUT2D eigenvalue weighted by atomic mass is 10.1. The van der Waals surface area contributed by atoms with Crippen molar-refractivity contribution in [3.05, 3.63) is 58.6 Å². The van der Waals surface area contributed by atoms with E-state index in [1.807, 2.05) is 4.90 Å². The maximum atomic E-state index is 13.7. The molecule has 2 aromatic rings. The van der Waals surface area contributed by atoms with Crippen molar-refractivity contribution in [3.63, 3.8) is 0 Å². The van der Waals surface area contributed by atoms with Gasteiger partial charge in [-0.05, 0) is 43.2 Å². The lowest BCUT2D eigenvalue weighted by Gasteiger charge is -2.30. The number of nitrogens with two attached hydrogens (primary N) is 1. The molecule has 1 saturated heterocycles. The molecule has 32 heavy (non-hydrogen) atoms. The molecule has 0 unspecified atom stereocenters. The number of hydrogen-bond acceptors (Lipinski definition) is 6. The van der Waals surface area contributed by atoms with Gasteiger partial charge in [0, 0.05) is 31.4 Å². The molecular formula is C21H25ClF2N4O3S. The lowest BCUT2D eigenvalue weighted by molar-refractivity contribution is 0.100. The van der Waals surface area contributed by atoms with Crippen molar-refractivity contribution >= 4 is 33.1 Å². The Labute approximate surface area is 191 Å². The first kappa shape index (κ1) is 24.5. The number of hydrogen-bond donors (Lipinski definition) is 1. The molecule has 0 saturated carbocycles. The zero-order valence-electron chi connectivity index (χ0n) is 17.4. The number of alkyl halides is 1. The Morgan fingerprint density at radius 1 is 1.25 bits per heavy atom. The Hall–Kier alpha value is -2.14. The first-order valence-corrected chi connectivity index (χ1v) is 12.2. The number of nitrogens with zero attached hydrogens (tertiary/aromatic N) is 3. The monoisotopic (exact) mass is 486 g/mol. The predicted molar refractivity (Wildman–Crippen MR) is 120 cm³/mol. The number of Topliss-reactive ketones (excluding diaryl/α,β-unsaturated/α-hetero) is 1. The minimum absolute atomic E-state index is 0.131. The number of carbonyl (C=O) groups is 1. The predicted octanol–water partition coefficient (Wildman–Crippen LogP) is 2.79. The average molecular weight is 487 g/mol. The van der Waals surface area contributed by atoms with Crippen LogP contribution in [0.25, 0.3) is 0 Å². The highest BCUT2D eigenvalue weighted by atomic mass is 35.5. The summed E-state index contributed by atoms with van der Waals surface area (Å²) in [5.41, 5.74) is 6.26. The van der Waals surface area contributed by atoms with E-state index in [4.69, 9.17) is 17.3 Å². The van der Waals surface area contributed by atoms with Crippen LogP contribution in [0.4, 0.5) is 14.5 Å². The van der Waals surface area contributed by atoms with Crippen LogP contribution in [0.15, 0.2) is 36.5 Å². The van der Waals surface area contributed by atoms with Gasteiger partial charge in [-0.2, -0.15) is 0 Å². The van der Waals surface area contributed by atoms with Crippen molar-refractivity contribution in [1.29, 1.82) is 0 Å². The minimum Gasteiger partial charge on any atom is -0.324 e. The number of piperidine rings is 1. The molecule has 0 aliphatic carbocycles. The summed E-state index contributed by atoms with van der Waals surface area (Å²) in [6.45, 7) is 0.954. The lowest BCUT2D eigenvalue weighted by Crippen LogP contribution is -2.41. The van der Waals surface area contributed by atoms with Crippen LogP contribution in [-0.4, -0.2) is 62.2 Å². The van der Waals surface area contributed by atoms with Crippen molar-refractivity contribution in [2.75, 3.05) is 36.2 Å². The number of ketones is 1. The number of sulfonamides is 1. The molecule has 1 fully saturated rings. The van der Waals surface area contributed by atoms with Crippen molar-refractivity contribution in [1.82, 2.24) is 9.88 Å². The number of rotatable bonds is 9. The van der Waals surface area contributed by atoms with E-state index in [2.05, 4.69) is 4.98 Å². The number of likely N-dealkylation sites (tertiary alicyclic amines) is 1. The Morgan fingerprint density at radius 2 is 1.97 bits per heavy atom. The number of anilines is 1. The Balaban J connectivity index is 1.82. The Bertz CT molecular complexity index is 1050. The highest BCUT2D eigenvalue weighted by molar-refractivity contribution is 7.92. The highest BCUT2D eigenvalue weighted by Gasteiger charge is 2.26. The maximum absolute atomic E-state index is 13.7. The van der Waals surface area contributed by atoms with Crippen LogP contribution in [0.1, 0.15) is 28.9 Å². The molecule has 2 heterocycles. The second-order valence-corrected chi connectivity index (χ2v) is 10.0. The first-order valence-electron chi connectivity index (χ1n) is 10.2. The largest absolute Gasteiger partial charge is 0.324 e. The fourth-order valence-corrected chi connectivity index (χ4v) is 5.07. The van der Waals surface area contributed by atoms with E-state index in [9.17, 15) is 22.0 Å². The van der Waals surface area contributed by atoms with Crippen molar-refractivity contribution < 1.29 is 22.0 Å². The van der Waals surface area contributed by atoms with E-state index in [1.54, 1.807) is 6.07 Å². The minimum atomic E-state index is -3.86. The number of benzene rings is 1. The summed E-state index contributed by atoms with van der Waals surface area (Å²) >= 11 is 5.89. The molecule has 1 aromatic heterocycles. The molecule has 2 N–H and O–H groups in total. The summed E-state index contributed by atoms with van der Waals surface area (Å²) in [7, 11) is -3.86. The molecule has 11 heteroatoms. The van der Waals surface area contributed by atoms with Crippen LogP contribution in [0.5, 0.6) is 0 Å². The quantitative estimate of drug-likeness (QED) is 0.547. The molecule has 0 spiro atoms. The zero-order chi connectivity index (χ0) is 23.3. The fraction of sp³-hybridized carbons (Fsp3) is 0.429. The molecule has 1 aliphatic rings.